The lowest BCUT2D eigenvalue weighted by Crippen LogP contribution is -2.32. The molecule has 31 heavy (non-hydrogen) atoms. The molecule has 0 bridgehead atoms. The van der Waals surface area contributed by atoms with Crippen LogP contribution in [-0.2, 0) is 16.1 Å². The van der Waals surface area contributed by atoms with Gasteiger partial charge in [-0.15, -0.1) is 0 Å². The topological polar surface area (TPSA) is 49.4 Å². The standard InChI is InChI=1S/C25H20Cl2N2O2/c1-15-3-4-16(2)21(13-15)28-23-22(18-7-11-20(27)12-8-18)24(30)29(25(23)31)14-17-5-9-19(26)10-6-17/h3-13,28H,14H2,1-2H3. The number of rotatable bonds is 5. The summed E-state index contributed by atoms with van der Waals surface area (Å²) in [5.74, 6) is -0.721. The molecule has 6 heteroatoms. The Labute approximate surface area is 191 Å². The van der Waals surface area contributed by atoms with E-state index in [1.54, 1.807) is 48.5 Å². The average molecular weight is 451 g/mol. The van der Waals surface area contributed by atoms with Crippen LogP contribution in [0.15, 0.2) is 72.4 Å². The highest BCUT2D eigenvalue weighted by Crippen LogP contribution is 2.33. The first kappa shape index (κ1) is 21.2. The van der Waals surface area contributed by atoms with E-state index in [2.05, 4.69) is 5.32 Å². The Bertz CT molecular complexity index is 1200. The molecular formula is C25H20Cl2N2O2. The smallest absolute Gasteiger partial charge is 0.278 e. The van der Waals surface area contributed by atoms with Crippen LogP contribution < -0.4 is 5.32 Å². The molecule has 0 unspecified atom stereocenters. The zero-order valence-corrected chi connectivity index (χ0v) is 18.6. The molecule has 1 aliphatic rings. The summed E-state index contributed by atoms with van der Waals surface area (Å²) in [6.07, 6.45) is 0. The van der Waals surface area contributed by atoms with E-state index in [1.807, 2.05) is 32.0 Å². The van der Waals surface area contributed by atoms with Gasteiger partial charge >= 0.3 is 0 Å². The van der Waals surface area contributed by atoms with Crippen molar-refractivity contribution in [2.75, 3.05) is 5.32 Å². The minimum absolute atomic E-state index is 0.157. The molecule has 3 aromatic carbocycles. The molecule has 3 aromatic rings. The van der Waals surface area contributed by atoms with E-state index < -0.39 is 0 Å². The van der Waals surface area contributed by atoms with Crippen LogP contribution in [-0.4, -0.2) is 16.7 Å². The zero-order valence-electron chi connectivity index (χ0n) is 17.1. The van der Waals surface area contributed by atoms with E-state index in [0.717, 1.165) is 22.4 Å². The van der Waals surface area contributed by atoms with Crippen molar-refractivity contribution in [2.45, 2.75) is 20.4 Å². The van der Waals surface area contributed by atoms with Crippen molar-refractivity contribution >= 4 is 46.3 Å². The van der Waals surface area contributed by atoms with Crippen LogP contribution in [0.3, 0.4) is 0 Å². The highest BCUT2D eigenvalue weighted by atomic mass is 35.5. The van der Waals surface area contributed by atoms with Crippen molar-refractivity contribution in [1.82, 2.24) is 4.90 Å². The van der Waals surface area contributed by atoms with E-state index >= 15 is 0 Å². The highest BCUT2D eigenvalue weighted by molar-refractivity contribution is 6.37. The number of imide groups is 1. The van der Waals surface area contributed by atoms with Gasteiger partial charge in [-0.1, -0.05) is 59.6 Å². The molecule has 0 saturated heterocycles. The molecule has 0 saturated carbocycles. The SMILES string of the molecule is Cc1ccc(C)c(NC2=C(c3ccc(Cl)cc3)C(=O)N(Cc3ccc(Cl)cc3)C2=O)c1. The number of hydrogen-bond acceptors (Lipinski definition) is 3. The number of carbonyl (C=O) groups is 2. The van der Waals surface area contributed by atoms with Gasteiger partial charge in [0.25, 0.3) is 11.8 Å². The molecule has 4 nitrogen and oxygen atoms in total. The summed E-state index contributed by atoms with van der Waals surface area (Å²) in [5, 5.41) is 4.39. The molecule has 0 aromatic heterocycles. The maximum absolute atomic E-state index is 13.4. The number of carbonyl (C=O) groups excluding carboxylic acids is 2. The van der Waals surface area contributed by atoms with Crippen LogP contribution in [0, 0.1) is 13.8 Å². The van der Waals surface area contributed by atoms with Crippen LogP contribution >= 0.6 is 23.2 Å². The molecule has 156 valence electrons. The second-order valence-electron chi connectivity index (χ2n) is 7.52. The van der Waals surface area contributed by atoms with E-state index in [-0.39, 0.29) is 24.1 Å². The second kappa shape index (κ2) is 8.58. The third-order valence-corrected chi connectivity index (χ3v) is 5.71. The maximum Gasteiger partial charge on any atom is 0.278 e. The second-order valence-corrected chi connectivity index (χ2v) is 8.40. The quantitative estimate of drug-likeness (QED) is 0.484. The van der Waals surface area contributed by atoms with Crippen molar-refractivity contribution in [3.63, 3.8) is 0 Å². The van der Waals surface area contributed by atoms with Crippen LogP contribution in [0.25, 0.3) is 5.57 Å². The Hall–Kier alpha value is -3.08. The molecule has 4 rings (SSSR count). The van der Waals surface area contributed by atoms with Gasteiger partial charge in [-0.3, -0.25) is 14.5 Å². The van der Waals surface area contributed by atoms with Crippen LogP contribution in [0.1, 0.15) is 22.3 Å². The number of hydrogen-bond donors (Lipinski definition) is 1. The summed E-state index contributed by atoms with van der Waals surface area (Å²) in [5.41, 5.74) is 4.85. The van der Waals surface area contributed by atoms with Crippen LogP contribution in [0.2, 0.25) is 10.0 Å². The van der Waals surface area contributed by atoms with E-state index in [4.69, 9.17) is 23.2 Å². The fourth-order valence-corrected chi connectivity index (χ4v) is 3.75. The fraction of sp³-hybridized carbons (Fsp3) is 0.120. The fourth-order valence-electron chi connectivity index (χ4n) is 3.50. The van der Waals surface area contributed by atoms with Gasteiger partial charge in [0.05, 0.1) is 12.1 Å². The molecule has 0 fully saturated rings. The third-order valence-electron chi connectivity index (χ3n) is 5.21. The number of halogens is 2. The maximum atomic E-state index is 13.4. The van der Waals surface area contributed by atoms with Crippen molar-refractivity contribution in [2.24, 2.45) is 0 Å². The lowest BCUT2D eigenvalue weighted by Gasteiger charge is -2.16. The van der Waals surface area contributed by atoms with Crippen molar-refractivity contribution < 1.29 is 9.59 Å². The lowest BCUT2D eigenvalue weighted by atomic mass is 10.0. The van der Waals surface area contributed by atoms with Gasteiger partial charge in [-0.2, -0.15) is 0 Å². The third kappa shape index (κ3) is 4.36. The first-order valence-corrected chi connectivity index (χ1v) is 10.5. The first-order valence-electron chi connectivity index (χ1n) is 9.78. The Morgan fingerprint density at radius 2 is 1.42 bits per heavy atom. The molecule has 2 amide bonds. The van der Waals surface area contributed by atoms with E-state index in [1.165, 1.54) is 4.90 Å². The summed E-state index contributed by atoms with van der Waals surface area (Å²) in [7, 11) is 0. The minimum atomic E-state index is -0.370. The summed E-state index contributed by atoms with van der Waals surface area (Å²) in [6, 6.07) is 20.0. The summed E-state index contributed by atoms with van der Waals surface area (Å²) < 4.78 is 0. The lowest BCUT2D eigenvalue weighted by molar-refractivity contribution is -0.137. The number of aryl methyl sites for hydroxylation is 2. The highest BCUT2D eigenvalue weighted by Gasteiger charge is 2.39. The molecule has 0 radical (unpaired) electrons. The molecule has 1 heterocycles. The first-order chi connectivity index (χ1) is 14.8. The van der Waals surface area contributed by atoms with Gasteiger partial charge in [0.1, 0.15) is 5.70 Å². The van der Waals surface area contributed by atoms with Crippen molar-refractivity contribution in [1.29, 1.82) is 0 Å². The van der Waals surface area contributed by atoms with Crippen molar-refractivity contribution in [3.8, 4) is 0 Å². The van der Waals surface area contributed by atoms with E-state index in [9.17, 15) is 9.59 Å². The summed E-state index contributed by atoms with van der Waals surface area (Å²) in [4.78, 5) is 28.0. The number of nitrogens with zero attached hydrogens (tertiary/aromatic N) is 1. The zero-order chi connectivity index (χ0) is 22.1. The Kier molecular flexibility index (Phi) is 5.86. The molecule has 1 N–H and O–H groups in total. The Balaban J connectivity index is 1.76. The number of benzene rings is 3. The van der Waals surface area contributed by atoms with Crippen molar-refractivity contribution in [3.05, 3.63) is 105 Å². The average Bonchev–Trinajstić information content (AvgIpc) is 2.97. The van der Waals surface area contributed by atoms with E-state index in [0.29, 0.717) is 21.2 Å². The van der Waals surface area contributed by atoms with Crippen LogP contribution in [0.4, 0.5) is 5.69 Å². The van der Waals surface area contributed by atoms with Gasteiger partial charge in [0, 0.05) is 15.7 Å². The summed E-state index contributed by atoms with van der Waals surface area (Å²) in [6.45, 7) is 4.09. The molecule has 0 atom stereocenters. The molecule has 1 aliphatic heterocycles. The van der Waals surface area contributed by atoms with Gasteiger partial charge < -0.3 is 5.32 Å². The Morgan fingerprint density at radius 3 is 2.06 bits per heavy atom. The number of anilines is 1. The normalized spacial score (nSPS) is 13.9. The monoisotopic (exact) mass is 450 g/mol. The molecule has 0 aliphatic carbocycles. The minimum Gasteiger partial charge on any atom is -0.350 e. The predicted molar refractivity (Wildman–Crippen MR) is 125 cm³/mol. The van der Waals surface area contributed by atoms with Gasteiger partial charge in [-0.25, -0.2) is 0 Å². The predicted octanol–water partition coefficient (Wildman–Crippen LogP) is 6.00. The molecule has 0 spiro atoms. The van der Waals surface area contributed by atoms with Gasteiger partial charge in [0.15, 0.2) is 0 Å². The van der Waals surface area contributed by atoms with Gasteiger partial charge in [0.2, 0.25) is 0 Å². The summed E-state index contributed by atoms with van der Waals surface area (Å²) >= 11 is 12.0. The van der Waals surface area contributed by atoms with Gasteiger partial charge in [-0.05, 0) is 66.4 Å². The Morgan fingerprint density at radius 1 is 0.806 bits per heavy atom. The molecular weight excluding hydrogens is 431 g/mol. The largest absolute Gasteiger partial charge is 0.350 e. The number of amides is 2. The van der Waals surface area contributed by atoms with Crippen LogP contribution in [0.5, 0.6) is 0 Å². The number of nitrogens with one attached hydrogen (secondary N) is 1.